The normalized spacial score (nSPS) is 25.5. The van der Waals surface area contributed by atoms with Gasteiger partial charge in [0.1, 0.15) is 10.6 Å². The van der Waals surface area contributed by atoms with Crippen LogP contribution >= 0.6 is 0 Å². The number of carbonyl (C=O) groups excluding carboxylic acids is 1. The van der Waals surface area contributed by atoms with Gasteiger partial charge < -0.3 is 9.84 Å². The van der Waals surface area contributed by atoms with E-state index < -0.39 is 10.0 Å². The predicted molar refractivity (Wildman–Crippen MR) is 122 cm³/mol. The summed E-state index contributed by atoms with van der Waals surface area (Å²) < 4.78 is 32.9. The van der Waals surface area contributed by atoms with Crippen molar-refractivity contribution >= 4 is 15.9 Å². The summed E-state index contributed by atoms with van der Waals surface area (Å²) >= 11 is 0. The number of amides is 1. The molecule has 1 unspecified atom stereocenters. The Kier molecular flexibility index (Phi) is 7.27. The fourth-order valence-electron chi connectivity index (χ4n) is 5.93. The zero-order chi connectivity index (χ0) is 22.8. The van der Waals surface area contributed by atoms with E-state index in [2.05, 4.69) is 15.4 Å². The van der Waals surface area contributed by atoms with Crippen molar-refractivity contribution in [2.45, 2.75) is 88.5 Å². The van der Waals surface area contributed by atoms with Crippen LogP contribution in [0.15, 0.2) is 9.42 Å². The van der Waals surface area contributed by atoms with Gasteiger partial charge in [-0.3, -0.25) is 9.69 Å². The number of sulfonamides is 1. The first kappa shape index (κ1) is 23.7. The summed E-state index contributed by atoms with van der Waals surface area (Å²) in [5.41, 5.74) is 0.445. The summed E-state index contributed by atoms with van der Waals surface area (Å²) in [5, 5.41) is 7.06. The van der Waals surface area contributed by atoms with Gasteiger partial charge in [0.2, 0.25) is 15.9 Å². The standard InChI is InChI=1S/C23H38N4O4S/c1-18-21(19(2)31-25-18)32(29,30)27-15-9-10-20(16-27)22(28)24-17-23(11-5-3-6-12-23)26-13-7-4-8-14-26/h20H,3-17H2,1-2H3,(H,24,28). The first-order valence-electron chi connectivity index (χ1n) is 12.3. The quantitative estimate of drug-likeness (QED) is 0.692. The Morgan fingerprint density at radius 3 is 2.41 bits per heavy atom. The second kappa shape index (κ2) is 9.81. The van der Waals surface area contributed by atoms with Gasteiger partial charge in [0.25, 0.3) is 0 Å². The highest BCUT2D eigenvalue weighted by Gasteiger charge is 2.40. The maximum atomic E-state index is 13.2. The molecule has 9 heteroatoms. The second-order valence-electron chi connectivity index (χ2n) is 9.91. The highest BCUT2D eigenvalue weighted by atomic mass is 32.2. The lowest BCUT2D eigenvalue weighted by atomic mass is 9.79. The van der Waals surface area contributed by atoms with Crippen LogP contribution in [-0.4, -0.2) is 66.9 Å². The average Bonchev–Trinajstić information content (AvgIpc) is 3.17. The molecule has 1 N–H and O–H groups in total. The van der Waals surface area contributed by atoms with Crippen LogP contribution in [0.25, 0.3) is 0 Å². The molecule has 1 atom stereocenters. The topological polar surface area (TPSA) is 95.8 Å². The van der Waals surface area contributed by atoms with Gasteiger partial charge in [-0.25, -0.2) is 8.42 Å². The minimum absolute atomic E-state index is 0.00868. The molecule has 8 nitrogen and oxygen atoms in total. The summed E-state index contributed by atoms with van der Waals surface area (Å²) in [5.74, 6) is -0.0264. The fraction of sp³-hybridized carbons (Fsp3) is 0.826. The van der Waals surface area contributed by atoms with Crippen molar-refractivity contribution in [2.24, 2.45) is 5.92 Å². The smallest absolute Gasteiger partial charge is 0.248 e. The van der Waals surface area contributed by atoms with Crippen molar-refractivity contribution in [3.63, 3.8) is 0 Å². The minimum Gasteiger partial charge on any atom is -0.360 e. The van der Waals surface area contributed by atoms with E-state index in [0.29, 0.717) is 31.0 Å². The Labute approximate surface area is 192 Å². The van der Waals surface area contributed by atoms with Gasteiger partial charge >= 0.3 is 0 Å². The molecule has 2 aliphatic heterocycles. The van der Waals surface area contributed by atoms with Gasteiger partial charge in [-0.15, -0.1) is 0 Å². The molecule has 1 saturated carbocycles. The van der Waals surface area contributed by atoms with Crippen molar-refractivity contribution < 1.29 is 17.7 Å². The number of hydrogen-bond acceptors (Lipinski definition) is 6. The summed E-state index contributed by atoms with van der Waals surface area (Å²) in [6.07, 6.45) is 11.2. The van der Waals surface area contributed by atoms with E-state index in [1.165, 1.54) is 42.8 Å². The van der Waals surface area contributed by atoms with Crippen LogP contribution in [0.3, 0.4) is 0 Å². The second-order valence-corrected chi connectivity index (χ2v) is 11.8. The molecule has 1 aromatic rings. The molecular weight excluding hydrogens is 428 g/mol. The number of piperidine rings is 2. The average molecular weight is 467 g/mol. The maximum Gasteiger partial charge on any atom is 0.248 e. The van der Waals surface area contributed by atoms with Gasteiger partial charge in [-0.2, -0.15) is 4.31 Å². The third-order valence-electron chi connectivity index (χ3n) is 7.72. The molecule has 1 amide bonds. The van der Waals surface area contributed by atoms with Gasteiger partial charge in [0.15, 0.2) is 5.76 Å². The molecular formula is C23H38N4O4S. The molecule has 0 bridgehead atoms. The highest BCUT2D eigenvalue weighted by molar-refractivity contribution is 7.89. The monoisotopic (exact) mass is 466 g/mol. The molecule has 3 fully saturated rings. The van der Waals surface area contributed by atoms with Crippen molar-refractivity contribution in [3.8, 4) is 0 Å². The lowest BCUT2D eigenvalue weighted by molar-refractivity contribution is -0.127. The first-order valence-corrected chi connectivity index (χ1v) is 13.7. The molecule has 4 rings (SSSR count). The molecule has 180 valence electrons. The number of nitrogens with one attached hydrogen (secondary N) is 1. The van der Waals surface area contributed by atoms with Crippen molar-refractivity contribution in [1.82, 2.24) is 19.7 Å². The number of aromatic nitrogens is 1. The van der Waals surface area contributed by atoms with Gasteiger partial charge in [-0.05, 0) is 65.5 Å². The maximum absolute atomic E-state index is 13.2. The summed E-state index contributed by atoms with van der Waals surface area (Å²) in [7, 11) is -3.72. The summed E-state index contributed by atoms with van der Waals surface area (Å²) in [4.78, 5) is 16.0. The largest absolute Gasteiger partial charge is 0.360 e. The highest BCUT2D eigenvalue weighted by Crippen LogP contribution is 2.35. The molecule has 1 aromatic heterocycles. The first-order chi connectivity index (χ1) is 15.3. The number of aryl methyl sites for hydroxylation is 2. The number of carbonyl (C=O) groups is 1. The van der Waals surface area contributed by atoms with Crippen LogP contribution in [0.5, 0.6) is 0 Å². The van der Waals surface area contributed by atoms with Crippen LogP contribution in [0.4, 0.5) is 0 Å². The van der Waals surface area contributed by atoms with Crippen LogP contribution in [0.2, 0.25) is 0 Å². The number of likely N-dealkylation sites (tertiary alicyclic amines) is 1. The van der Waals surface area contributed by atoms with Crippen LogP contribution in [-0.2, 0) is 14.8 Å². The molecule has 2 saturated heterocycles. The summed E-state index contributed by atoms with van der Waals surface area (Å²) in [6, 6.07) is 0. The lowest BCUT2D eigenvalue weighted by Crippen LogP contribution is -2.59. The Bertz CT molecular complexity index is 882. The molecule has 0 aromatic carbocycles. The SMILES string of the molecule is Cc1noc(C)c1S(=O)(=O)N1CCCC(C(=O)NCC2(N3CCCCC3)CCCCC2)C1. The van der Waals surface area contributed by atoms with Crippen molar-refractivity contribution in [1.29, 1.82) is 0 Å². The van der Waals surface area contributed by atoms with E-state index in [0.717, 1.165) is 32.4 Å². The zero-order valence-corrected chi connectivity index (χ0v) is 20.4. The Hall–Kier alpha value is -1.45. The molecule has 3 aliphatic rings. The lowest BCUT2D eigenvalue weighted by Gasteiger charge is -2.48. The Morgan fingerprint density at radius 1 is 1.06 bits per heavy atom. The van der Waals surface area contributed by atoms with Crippen LogP contribution < -0.4 is 5.32 Å². The number of rotatable bonds is 6. The van der Waals surface area contributed by atoms with Crippen molar-refractivity contribution in [2.75, 3.05) is 32.7 Å². The van der Waals surface area contributed by atoms with Gasteiger partial charge in [-0.1, -0.05) is 30.8 Å². The molecule has 0 radical (unpaired) electrons. The molecule has 0 spiro atoms. The minimum atomic E-state index is -3.72. The fourth-order valence-corrected chi connectivity index (χ4v) is 7.74. The van der Waals surface area contributed by atoms with Crippen molar-refractivity contribution in [3.05, 3.63) is 11.5 Å². The van der Waals surface area contributed by atoms with E-state index in [1.807, 2.05) is 0 Å². The molecule has 1 aliphatic carbocycles. The van der Waals surface area contributed by atoms with E-state index in [4.69, 9.17) is 4.52 Å². The summed E-state index contributed by atoms with van der Waals surface area (Å²) in [6.45, 7) is 6.83. The number of nitrogens with zero attached hydrogens (tertiary/aromatic N) is 3. The van der Waals surface area contributed by atoms with Gasteiger partial charge in [0, 0.05) is 25.2 Å². The Morgan fingerprint density at radius 2 is 1.75 bits per heavy atom. The third kappa shape index (κ3) is 4.75. The van der Waals surface area contributed by atoms with Crippen LogP contribution in [0, 0.1) is 19.8 Å². The Balaban J connectivity index is 1.42. The third-order valence-corrected chi connectivity index (χ3v) is 9.83. The van der Waals surface area contributed by atoms with Gasteiger partial charge in [0.05, 0.1) is 5.92 Å². The number of hydrogen-bond donors (Lipinski definition) is 1. The predicted octanol–water partition coefficient (Wildman–Crippen LogP) is 3.00. The zero-order valence-electron chi connectivity index (χ0n) is 19.6. The van der Waals surface area contributed by atoms with E-state index in [-0.39, 0.29) is 28.8 Å². The van der Waals surface area contributed by atoms with E-state index in [9.17, 15) is 13.2 Å². The van der Waals surface area contributed by atoms with E-state index >= 15 is 0 Å². The van der Waals surface area contributed by atoms with E-state index in [1.54, 1.807) is 13.8 Å². The van der Waals surface area contributed by atoms with Crippen LogP contribution in [0.1, 0.15) is 75.7 Å². The molecule has 32 heavy (non-hydrogen) atoms. The molecule has 3 heterocycles.